The Bertz CT molecular complexity index is 305. The highest BCUT2D eigenvalue weighted by molar-refractivity contribution is 5.90. The Morgan fingerprint density at radius 2 is 2.46 bits per heavy atom. The Kier molecular flexibility index (Phi) is 1.33. The van der Waals surface area contributed by atoms with Gasteiger partial charge in [-0.25, -0.2) is 0 Å². The first-order chi connectivity index (χ1) is 6.22. The van der Waals surface area contributed by atoms with Gasteiger partial charge in [0.1, 0.15) is 5.78 Å². The fourth-order valence-electron chi connectivity index (χ4n) is 3.17. The zero-order chi connectivity index (χ0) is 9.05. The first kappa shape index (κ1) is 7.74. The van der Waals surface area contributed by atoms with E-state index >= 15 is 0 Å². The minimum absolute atomic E-state index is 0.196. The molecule has 3 atom stereocenters. The number of ether oxygens (including phenoxy) is 1. The highest BCUT2D eigenvalue weighted by atomic mass is 16.5. The molecule has 1 spiro atoms. The summed E-state index contributed by atoms with van der Waals surface area (Å²) < 4.78 is 5.47. The minimum Gasteiger partial charge on any atom is -0.380 e. The van der Waals surface area contributed by atoms with Crippen molar-refractivity contribution in [2.75, 3.05) is 13.2 Å². The number of rotatable bonds is 0. The number of carbonyl (C=O) groups excluding carboxylic acids is 1. The lowest BCUT2D eigenvalue weighted by atomic mass is 9.57. The van der Waals surface area contributed by atoms with Gasteiger partial charge in [0.25, 0.3) is 0 Å². The van der Waals surface area contributed by atoms with Gasteiger partial charge >= 0.3 is 0 Å². The average Bonchev–Trinajstić information content (AvgIpc) is 2.48. The van der Waals surface area contributed by atoms with Crippen LogP contribution in [0.25, 0.3) is 0 Å². The van der Waals surface area contributed by atoms with Gasteiger partial charge in [0.05, 0.1) is 18.6 Å². The summed E-state index contributed by atoms with van der Waals surface area (Å²) in [6.45, 7) is 3.60. The molecule has 0 N–H and O–H groups in total. The van der Waals surface area contributed by atoms with Gasteiger partial charge in [-0.1, -0.05) is 11.6 Å². The van der Waals surface area contributed by atoms with E-state index in [4.69, 9.17) is 4.74 Å². The standard InChI is InChI=1S/C11H14O2/c1-7-4-11-6-13-5-9(11)2-8(7)3-10(11)12/h4,8-9H,2-3,5-6H2,1H3/t8-,9-,11-/m1/s1. The molecule has 0 radical (unpaired) electrons. The molecule has 0 amide bonds. The molecule has 3 aliphatic carbocycles. The molecule has 4 aliphatic rings. The SMILES string of the molecule is CC1=C[C@@]23COC[C@H]2C[C@@H]1CC3=O. The largest absolute Gasteiger partial charge is 0.380 e. The maximum Gasteiger partial charge on any atom is 0.146 e. The molecule has 70 valence electrons. The van der Waals surface area contributed by atoms with Gasteiger partial charge in [0.2, 0.25) is 0 Å². The van der Waals surface area contributed by atoms with E-state index in [0.717, 1.165) is 13.0 Å². The van der Waals surface area contributed by atoms with Crippen LogP contribution in [0, 0.1) is 17.3 Å². The molecule has 1 aliphatic heterocycles. The van der Waals surface area contributed by atoms with Crippen LogP contribution in [0.1, 0.15) is 19.8 Å². The van der Waals surface area contributed by atoms with Gasteiger partial charge in [-0.15, -0.1) is 0 Å². The topological polar surface area (TPSA) is 26.3 Å². The van der Waals surface area contributed by atoms with Crippen molar-refractivity contribution in [3.63, 3.8) is 0 Å². The van der Waals surface area contributed by atoms with Crippen molar-refractivity contribution in [2.24, 2.45) is 17.3 Å². The Morgan fingerprint density at radius 3 is 3.31 bits per heavy atom. The second-order valence-electron chi connectivity index (χ2n) is 4.70. The van der Waals surface area contributed by atoms with Crippen LogP contribution in [0.15, 0.2) is 11.6 Å². The molecule has 1 heterocycles. The van der Waals surface area contributed by atoms with Gasteiger partial charge in [-0.05, 0) is 19.3 Å². The minimum atomic E-state index is -0.196. The Balaban J connectivity index is 2.14. The maximum atomic E-state index is 11.9. The third-order valence-corrected chi connectivity index (χ3v) is 4.04. The van der Waals surface area contributed by atoms with E-state index in [1.165, 1.54) is 12.0 Å². The highest BCUT2D eigenvalue weighted by Gasteiger charge is 2.55. The normalized spacial score (nSPS) is 47.8. The fourth-order valence-corrected chi connectivity index (χ4v) is 3.17. The fraction of sp³-hybridized carbons (Fsp3) is 0.727. The van der Waals surface area contributed by atoms with Crippen molar-refractivity contribution in [1.29, 1.82) is 0 Å². The van der Waals surface area contributed by atoms with Crippen molar-refractivity contribution in [1.82, 2.24) is 0 Å². The molecule has 1 saturated heterocycles. The summed E-state index contributed by atoms with van der Waals surface area (Å²) in [6.07, 6.45) is 4.14. The molecule has 4 rings (SSSR count). The van der Waals surface area contributed by atoms with Crippen LogP contribution in [0.2, 0.25) is 0 Å². The molecule has 2 bridgehead atoms. The summed E-state index contributed by atoms with van der Waals surface area (Å²) in [5.41, 5.74) is 1.22. The van der Waals surface area contributed by atoms with E-state index in [-0.39, 0.29) is 5.41 Å². The number of ketones is 1. The first-order valence-electron chi connectivity index (χ1n) is 5.03. The molecule has 13 heavy (non-hydrogen) atoms. The third-order valence-electron chi connectivity index (χ3n) is 4.04. The molecule has 0 aromatic rings. The van der Waals surface area contributed by atoms with Crippen LogP contribution in [0.5, 0.6) is 0 Å². The van der Waals surface area contributed by atoms with Crippen LogP contribution in [-0.2, 0) is 9.53 Å². The maximum absolute atomic E-state index is 11.9. The van der Waals surface area contributed by atoms with Crippen LogP contribution in [0.4, 0.5) is 0 Å². The Hall–Kier alpha value is -0.630. The zero-order valence-corrected chi connectivity index (χ0v) is 7.88. The van der Waals surface area contributed by atoms with E-state index in [2.05, 4.69) is 13.0 Å². The summed E-state index contributed by atoms with van der Waals surface area (Å²) in [5, 5.41) is 0. The van der Waals surface area contributed by atoms with Crippen LogP contribution in [-0.4, -0.2) is 19.0 Å². The van der Waals surface area contributed by atoms with E-state index in [0.29, 0.717) is 24.2 Å². The van der Waals surface area contributed by atoms with E-state index in [1.54, 1.807) is 0 Å². The van der Waals surface area contributed by atoms with Crippen molar-refractivity contribution in [3.8, 4) is 0 Å². The summed E-state index contributed by atoms with van der Waals surface area (Å²) in [5.74, 6) is 1.44. The molecular weight excluding hydrogens is 164 g/mol. The summed E-state index contributed by atoms with van der Waals surface area (Å²) >= 11 is 0. The zero-order valence-electron chi connectivity index (χ0n) is 7.88. The molecule has 0 aromatic heterocycles. The molecule has 0 unspecified atom stereocenters. The lowest BCUT2D eigenvalue weighted by Gasteiger charge is -2.43. The summed E-state index contributed by atoms with van der Waals surface area (Å²) in [7, 11) is 0. The van der Waals surface area contributed by atoms with Gasteiger partial charge in [-0.3, -0.25) is 4.79 Å². The van der Waals surface area contributed by atoms with E-state index < -0.39 is 0 Å². The molecule has 0 aromatic carbocycles. The predicted molar refractivity (Wildman–Crippen MR) is 48.2 cm³/mol. The van der Waals surface area contributed by atoms with Crippen LogP contribution >= 0.6 is 0 Å². The monoisotopic (exact) mass is 178 g/mol. The predicted octanol–water partition coefficient (Wildman–Crippen LogP) is 1.56. The first-order valence-corrected chi connectivity index (χ1v) is 5.03. The highest BCUT2D eigenvalue weighted by Crippen LogP contribution is 2.53. The Morgan fingerprint density at radius 1 is 1.62 bits per heavy atom. The third kappa shape index (κ3) is 0.798. The van der Waals surface area contributed by atoms with E-state index in [9.17, 15) is 4.79 Å². The van der Waals surface area contributed by atoms with Gasteiger partial charge in [0.15, 0.2) is 0 Å². The van der Waals surface area contributed by atoms with Crippen molar-refractivity contribution in [2.45, 2.75) is 19.8 Å². The van der Waals surface area contributed by atoms with Gasteiger partial charge in [0, 0.05) is 12.3 Å². The smallest absolute Gasteiger partial charge is 0.146 e. The quantitative estimate of drug-likeness (QED) is 0.526. The Labute approximate surface area is 78.0 Å². The molecule has 1 saturated carbocycles. The van der Waals surface area contributed by atoms with Gasteiger partial charge in [-0.2, -0.15) is 0 Å². The van der Waals surface area contributed by atoms with Crippen LogP contribution in [0.3, 0.4) is 0 Å². The lowest BCUT2D eigenvalue weighted by Crippen LogP contribution is -2.46. The average molecular weight is 178 g/mol. The number of hydrogen-bond acceptors (Lipinski definition) is 2. The second kappa shape index (κ2) is 2.24. The van der Waals surface area contributed by atoms with Crippen molar-refractivity contribution < 1.29 is 9.53 Å². The van der Waals surface area contributed by atoms with Crippen molar-refractivity contribution in [3.05, 3.63) is 11.6 Å². The van der Waals surface area contributed by atoms with Crippen molar-refractivity contribution >= 4 is 5.78 Å². The number of allylic oxidation sites excluding steroid dienone is 1. The summed E-state index contributed by atoms with van der Waals surface area (Å²) in [6, 6.07) is 0. The molecule has 2 nitrogen and oxygen atoms in total. The number of carbonyl (C=O) groups is 1. The lowest BCUT2D eigenvalue weighted by molar-refractivity contribution is -0.132. The molecular formula is C11H14O2. The number of fused-ring (bicyclic) bond motifs is 1. The molecule has 2 heteroatoms. The summed E-state index contributed by atoms with van der Waals surface area (Å²) in [4.78, 5) is 11.9. The van der Waals surface area contributed by atoms with E-state index in [1.807, 2.05) is 0 Å². The van der Waals surface area contributed by atoms with Gasteiger partial charge < -0.3 is 4.74 Å². The second-order valence-corrected chi connectivity index (χ2v) is 4.70. The number of hydrogen-bond donors (Lipinski definition) is 0. The molecule has 2 fully saturated rings. The number of Topliss-reactive ketones (excluding diaryl/α,β-unsaturated/α-hetero) is 1. The van der Waals surface area contributed by atoms with Crippen LogP contribution < -0.4 is 0 Å².